The Morgan fingerprint density at radius 2 is 1.80 bits per heavy atom. The smallest absolute Gasteiger partial charge is 1.00 e. The Morgan fingerprint density at radius 3 is 2.20 bits per heavy atom. The number of benzene rings is 1. The molecule has 0 bridgehead atoms. The molecule has 0 radical (unpaired) electrons. The van der Waals surface area contributed by atoms with Gasteiger partial charge in [-0.3, -0.25) is 20.2 Å². The minimum absolute atomic E-state index is 0. The molecule has 0 unspecified atom stereocenters. The van der Waals surface area contributed by atoms with E-state index in [4.69, 9.17) is 10.8 Å². The van der Waals surface area contributed by atoms with E-state index < -0.39 is 32.7 Å². The first-order valence-corrected chi connectivity index (χ1v) is 3.34. The Labute approximate surface area is 107 Å². The molecule has 76 valence electrons. The van der Waals surface area contributed by atoms with Crippen molar-refractivity contribution in [2.75, 3.05) is 5.73 Å². The Morgan fingerprint density at radius 1 is 1.27 bits per heavy atom. The van der Waals surface area contributed by atoms with Crippen molar-refractivity contribution in [1.82, 2.24) is 0 Å². The quantitative estimate of drug-likeness (QED) is 0.194. The summed E-state index contributed by atoms with van der Waals surface area (Å²) in [6.45, 7) is 0. The van der Waals surface area contributed by atoms with E-state index in [0.717, 1.165) is 6.07 Å². The van der Waals surface area contributed by atoms with Crippen LogP contribution in [0.3, 0.4) is 0 Å². The summed E-state index contributed by atoms with van der Waals surface area (Å²) in [6, 6.07) is 1.49. The van der Waals surface area contributed by atoms with Crippen LogP contribution in [0.1, 0.15) is 1.43 Å². The van der Waals surface area contributed by atoms with Gasteiger partial charge in [-0.2, -0.15) is 0 Å². The van der Waals surface area contributed by atoms with E-state index in [2.05, 4.69) is 0 Å². The number of aromatic hydroxyl groups is 1. The second-order valence-corrected chi connectivity index (χ2v) is 2.42. The molecule has 0 spiro atoms. The van der Waals surface area contributed by atoms with Crippen LogP contribution in [0, 0.1) is 20.2 Å². The summed E-state index contributed by atoms with van der Waals surface area (Å²) in [5.41, 5.74) is 3.42. The van der Waals surface area contributed by atoms with Crippen molar-refractivity contribution in [2.45, 2.75) is 0 Å². The van der Waals surface area contributed by atoms with Crippen LogP contribution in [-0.2, 0) is 0 Å². The summed E-state index contributed by atoms with van der Waals surface area (Å²) >= 11 is 0. The molecule has 8 nitrogen and oxygen atoms in total. The number of hydrogen-bond acceptors (Lipinski definition) is 6. The molecule has 3 N–H and O–H groups in total. The fourth-order valence-corrected chi connectivity index (χ4v) is 0.870. The fourth-order valence-electron chi connectivity index (χ4n) is 0.870. The summed E-state index contributed by atoms with van der Waals surface area (Å²) in [7, 11) is 0. The van der Waals surface area contributed by atoms with E-state index in [0.29, 0.717) is 6.07 Å². The van der Waals surface area contributed by atoms with Crippen LogP contribution in [0.2, 0.25) is 0 Å². The predicted octanol–water partition coefficient (Wildman–Crippen LogP) is -2.09. The molecule has 0 amide bonds. The van der Waals surface area contributed by atoms with Gasteiger partial charge in [0, 0.05) is 6.07 Å². The van der Waals surface area contributed by atoms with Crippen LogP contribution >= 0.6 is 0 Å². The van der Waals surface area contributed by atoms with E-state index >= 15 is 0 Å². The molecule has 1 aromatic rings. The second kappa shape index (κ2) is 4.91. The van der Waals surface area contributed by atoms with Crippen molar-refractivity contribution >= 4 is 17.1 Å². The zero-order valence-electron chi connectivity index (χ0n) is 8.71. The largest absolute Gasteiger partial charge is 1.00 e. The molecule has 0 aromatic heterocycles. The van der Waals surface area contributed by atoms with Gasteiger partial charge in [0.15, 0.2) is 0 Å². The van der Waals surface area contributed by atoms with Crippen molar-refractivity contribution in [3.63, 3.8) is 0 Å². The van der Waals surface area contributed by atoms with E-state index in [1.807, 2.05) is 0 Å². The van der Waals surface area contributed by atoms with Crippen molar-refractivity contribution in [2.24, 2.45) is 0 Å². The topological polar surface area (TPSA) is 133 Å². The van der Waals surface area contributed by atoms with Crippen LogP contribution in [-0.4, -0.2) is 15.0 Å². The van der Waals surface area contributed by atoms with E-state index in [-0.39, 0.29) is 31.0 Å². The van der Waals surface area contributed by atoms with Crippen LogP contribution in [0.5, 0.6) is 5.75 Å². The van der Waals surface area contributed by atoms with Crippen LogP contribution in [0.4, 0.5) is 17.1 Å². The second-order valence-electron chi connectivity index (χ2n) is 2.42. The van der Waals surface area contributed by atoms with Gasteiger partial charge in [0.1, 0.15) is 0 Å². The van der Waals surface area contributed by atoms with Crippen molar-refractivity contribution < 1.29 is 45.9 Å². The van der Waals surface area contributed by atoms with Gasteiger partial charge < -0.3 is 12.3 Å². The molecule has 0 atom stereocenters. The molecule has 9 heteroatoms. The molecule has 0 aliphatic carbocycles. The molecule has 0 saturated heterocycles. The molecular weight excluding hydrogens is 217 g/mol. The maximum Gasteiger partial charge on any atom is 1.00 e. The Kier molecular flexibility index (Phi) is 4.46. The Bertz CT molecular complexity index is 427. The maximum atomic E-state index is 10.3. The van der Waals surface area contributed by atoms with Gasteiger partial charge in [-0.25, -0.2) is 0 Å². The van der Waals surface area contributed by atoms with Crippen LogP contribution in [0.15, 0.2) is 12.1 Å². The molecule has 0 fully saturated rings. The number of phenols is 1. The number of hydrogen-bond donors (Lipinski definition) is 2. The van der Waals surface area contributed by atoms with Crippen LogP contribution < -0.4 is 35.3 Å². The van der Waals surface area contributed by atoms with Crippen molar-refractivity contribution in [1.29, 1.82) is 0 Å². The molecule has 0 aliphatic rings. The van der Waals surface area contributed by atoms with Gasteiger partial charge in [0.05, 0.1) is 21.6 Å². The maximum absolute atomic E-state index is 10.3. The predicted molar refractivity (Wildman–Crippen MR) is 46.9 cm³/mol. The zero-order valence-corrected chi connectivity index (χ0v) is 9.71. The first-order chi connectivity index (χ1) is 6.43. The minimum atomic E-state index is -0.946. The monoisotopic (exact) mass is 223 g/mol. The van der Waals surface area contributed by atoms with Gasteiger partial charge in [0.2, 0.25) is 5.75 Å². The number of non-ortho nitro benzene ring substituents is 1. The third-order valence-corrected chi connectivity index (χ3v) is 1.51. The van der Waals surface area contributed by atoms with Gasteiger partial charge in [-0.15, -0.1) is 0 Å². The number of nitro groups is 2. The fraction of sp³-hybridized carbons (Fsp3) is 0. The summed E-state index contributed by atoms with van der Waals surface area (Å²) in [6.07, 6.45) is 0. The number of nitrogens with zero attached hydrogens (tertiary/aromatic N) is 2. The average molecular weight is 223 g/mol. The van der Waals surface area contributed by atoms with Gasteiger partial charge in [0.25, 0.3) is 5.69 Å². The standard InChI is InChI=1S/C6H5N3O5.Na.H/c7-4-1-3(8(11)12)2-5(6(4)10)9(13)14;;/h1-2,10H,7H2;;/q;+1;-1. The first-order valence-electron chi connectivity index (χ1n) is 3.34. The molecule has 15 heavy (non-hydrogen) atoms. The van der Waals surface area contributed by atoms with Crippen molar-refractivity contribution in [3.8, 4) is 5.75 Å². The van der Waals surface area contributed by atoms with Gasteiger partial charge in [-0.05, 0) is 0 Å². The number of anilines is 1. The third kappa shape index (κ3) is 2.78. The molecule has 1 aromatic carbocycles. The van der Waals surface area contributed by atoms with E-state index in [9.17, 15) is 20.2 Å². The number of nitro benzene ring substituents is 2. The summed E-state index contributed by atoms with van der Waals surface area (Å²) in [5.74, 6) is -0.763. The van der Waals surface area contributed by atoms with E-state index in [1.165, 1.54) is 0 Å². The SMILES string of the molecule is Nc1cc([N+](=O)[O-])cc([N+](=O)[O-])c1O.[H-].[Na+]. The zero-order chi connectivity index (χ0) is 10.9. The summed E-state index contributed by atoms with van der Waals surface area (Å²) < 4.78 is 0. The van der Waals surface area contributed by atoms with Gasteiger partial charge in [-0.1, -0.05) is 0 Å². The number of phenolic OH excluding ortho intramolecular Hbond substituents is 1. The van der Waals surface area contributed by atoms with Gasteiger partial charge >= 0.3 is 35.2 Å². The third-order valence-electron chi connectivity index (χ3n) is 1.51. The molecule has 0 saturated carbocycles. The van der Waals surface area contributed by atoms with E-state index in [1.54, 1.807) is 0 Å². The average Bonchev–Trinajstić information content (AvgIpc) is 2.08. The summed E-state index contributed by atoms with van der Waals surface area (Å²) in [5, 5.41) is 29.7. The Hall–Kier alpha value is -1.38. The van der Waals surface area contributed by atoms with Crippen molar-refractivity contribution in [3.05, 3.63) is 32.4 Å². The number of nitrogens with two attached hydrogens (primary N) is 1. The summed E-state index contributed by atoms with van der Waals surface area (Å²) in [4.78, 5) is 18.8. The molecular formula is C6H6N3NaO5. The number of rotatable bonds is 2. The first kappa shape index (κ1) is 13.6. The Balaban J connectivity index is 0. The molecule has 1 rings (SSSR count). The molecule has 0 aliphatic heterocycles. The normalized spacial score (nSPS) is 9.07. The minimum Gasteiger partial charge on any atom is -1.00 e. The number of nitrogen functional groups attached to an aromatic ring is 1. The molecule has 0 heterocycles. The van der Waals surface area contributed by atoms with Crippen LogP contribution in [0.25, 0.3) is 0 Å².